The molecule has 0 spiro atoms. The molecule has 1 aromatic heterocycles. The lowest BCUT2D eigenvalue weighted by Gasteiger charge is -2.14. The predicted molar refractivity (Wildman–Crippen MR) is 68.7 cm³/mol. The first-order chi connectivity index (χ1) is 9.06. The van der Waals surface area contributed by atoms with Gasteiger partial charge in [-0.25, -0.2) is 4.79 Å². The maximum atomic E-state index is 11.7. The van der Waals surface area contributed by atoms with Crippen molar-refractivity contribution < 1.29 is 14.9 Å². The van der Waals surface area contributed by atoms with Gasteiger partial charge in [-0.05, 0) is 10.8 Å². The first-order valence-electron chi connectivity index (χ1n) is 5.48. The zero-order chi connectivity index (χ0) is 14.0. The third kappa shape index (κ3) is 2.79. The third-order valence-corrected chi connectivity index (χ3v) is 3.04. The van der Waals surface area contributed by atoms with Crippen molar-refractivity contribution in [1.29, 1.82) is 0 Å². The van der Waals surface area contributed by atoms with Gasteiger partial charge in [0.2, 0.25) is 0 Å². The first kappa shape index (κ1) is 14.0. The zero-order valence-electron chi connectivity index (χ0n) is 9.67. The van der Waals surface area contributed by atoms with E-state index in [1.807, 2.05) is 0 Å². The van der Waals surface area contributed by atoms with E-state index in [4.69, 9.17) is 9.84 Å². The van der Waals surface area contributed by atoms with Crippen LogP contribution in [0, 0.1) is 10.8 Å². The quantitative estimate of drug-likeness (QED) is 0.596. The van der Waals surface area contributed by atoms with Crippen molar-refractivity contribution >= 4 is 15.9 Å². The van der Waals surface area contributed by atoms with Crippen molar-refractivity contribution in [3.63, 3.8) is 0 Å². The lowest BCUT2D eigenvalue weighted by atomic mass is 10.2. The lowest BCUT2D eigenvalue weighted by Crippen LogP contribution is -2.33. The van der Waals surface area contributed by atoms with Crippen LogP contribution in [0.3, 0.4) is 0 Å². The molecule has 0 amide bonds. The molecule has 1 unspecified atom stereocenters. The maximum absolute atomic E-state index is 11.7. The molecule has 1 aliphatic heterocycles. The second-order valence-electron chi connectivity index (χ2n) is 4.04. The summed E-state index contributed by atoms with van der Waals surface area (Å²) in [5.41, 5.74) is -1.15. The maximum Gasteiger partial charge on any atom is 0.330 e. The van der Waals surface area contributed by atoms with E-state index in [0.717, 1.165) is 4.57 Å². The summed E-state index contributed by atoms with van der Waals surface area (Å²) in [4.78, 5) is 27.7. The number of ether oxygens (including phenoxy) is 1. The van der Waals surface area contributed by atoms with Gasteiger partial charge in [0, 0.05) is 28.5 Å². The summed E-state index contributed by atoms with van der Waals surface area (Å²) in [6.07, 6.45) is -0.924. The molecule has 3 N–H and O–H groups in total. The fourth-order valence-electron chi connectivity index (χ4n) is 1.89. The fraction of sp³-hybridized carbons (Fsp3) is 0.455. The van der Waals surface area contributed by atoms with Crippen LogP contribution in [0.4, 0.5) is 0 Å². The number of aliphatic hydroxyl groups is 2. The topological polar surface area (TPSA) is 105 Å². The van der Waals surface area contributed by atoms with Crippen LogP contribution in [0.5, 0.6) is 0 Å². The fourth-order valence-corrected chi connectivity index (χ4v) is 2.10. The van der Waals surface area contributed by atoms with Gasteiger partial charge in [-0.2, -0.15) is 0 Å². The zero-order valence-corrected chi connectivity index (χ0v) is 11.3. The Morgan fingerprint density at radius 3 is 2.89 bits per heavy atom. The van der Waals surface area contributed by atoms with E-state index >= 15 is 0 Å². The van der Waals surface area contributed by atoms with Crippen molar-refractivity contribution in [3.05, 3.63) is 32.6 Å². The molecule has 1 aromatic rings. The van der Waals surface area contributed by atoms with Crippen LogP contribution in [0.1, 0.15) is 18.2 Å². The molecule has 0 bridgehead atoms. The highest BCUT2D eigenvalue weighted by atomic mass is 79.9. The van der Waals surface area contributed by atoms with Gasteiger partial charge in [-0.3, -0.25) is 14.3 Å². The number of hydrogen-bond donors (Lipinski definition) is 3. The summed E-state index contributed by atoms with van der Waals surface area (Å²) < 4.78 is 6.49. The lowest BCUT2D eigenvalue weighted by molar-refractivity contribution is -0.0459. The van der Waals surface area contributed by atoms with Gasteiger partial charge >= 0.3 is 5.69 Å². The van der Waals surface area contributed by atoms with E-state index < -0.39 is 29.7 Å². The number of halogens is 1. The normalized spacial score (nSPS) is 25.9. The molecule has 7 nitrogen and oxygen atoms in total. The Morgan fingerprint density at radius 2 is 2.32 bits per heavy atom. The van der Waals surface area contributed by atoms with E-state index in [0.29, 0.717) is 0 Å². The van der Waals surface area contributed by atoms with E-state index in [-0.39, 0.29) is 18.6 Å². The third-order valence-electron chi connectivity index (χ3n) is 2.84. The van der Waals surface area contributed by atoms with Crippen LogP contribution in [-0.4, -0.2) is 38.6 Å². The van der Waals surface area contributed by atoms with Crippen LogP contribution in [0.15, 0.2) is 15.8 Å². The molecule has 102 valence electrons. The van der Waals surface area contributed by atoms with E-state index in [1.54, 1.807) is 0 Å². The Morgan fingerprint density at radius 1 is 1.58 bits per heavy atom. The smallest absolute Gasteiger partial charge is 0.330 e. The number of aromatic amines is 1. The Labute approximate surface area is 116 Å². The van der Waals surface area contributed by atoms with Gasteiger partial charge in [0.1, 0.15) is 17.9 Å². The monoisotopic (exact) mass is 330 g/mol. The molecule has 2 rings (SSSR count). The van der Waals surface area contributed by atoms with Gasteiger partial charge in [-0.15, -0.1) is 0 Å². The number of nitrogens with one attached hydrogen (secondary N) is 1. The van der Waals surface area contributed by atoms with Crippen LogP contribution in [0.2, 0.25) is 0 Å². The summed E-state index contributed by atoms with van der Waals surface area (Å²) in [5, 5.41) is 18.6. The predicted octanol–water partition coefficient (Wildman–Crippen LogP) is -1.12. The van der Waals surface area contributed by atoms with Gasteiger partial charge in [0.15, 0.2) is 0 Å². The number of nitrogens with zero attached hydrogens (tertiary/aromatic N) is 1. The highest BCUT2D eigenvalue weighted by Gasteiger charge is 2.35. The van der Waals surface area contributed by atoms with Crippen molar-refractivity contribution in [1.82, 2.24) is 9.55 Å². The van der Waals surface area contributed by atoms with Crippen molar-refractivity contribution in [2.45, 2.75) is 24.9 Å². The van der Waals surface area contributed by atoms with Gasteiger partial charge in [0.25, 0.3) is 5.56 Å². The summed E-state index contributed by atoms with van der Waals surface area (Å²) in [6.45, 7) is -0.343. The Hall–Kier alpha value is -1.40. The molecule has 3 atom stereocenters. The summed E-state index contributed by atoms with van der Waals surface area (Å²) in [7, 11) is 0. The standard InChI is InChI=1S/C11H11BrN2O5/c12-2-1-6-4-14(11(18)13-10(6)17)9-3-7(16)8(5-15)19-9/h4,7-9,15-16H,3,5H2,(H,13,17,18)/t7?,8-,9-/m0/s1. The highest BCUT2D eigenvalue weighted by molar-refractivity contribution is 9.12. The first-order valence-corrected chi connectivity index (χ1v) is 6.27. The molecule has 0 aromatic carbocycles. The molecular weight excluding hydrogens is 320 g/mol. The van der Waals surface area contributed by atoms with E-state index in [1.165, 1.54) is 6.20 Å². The minimum absolute atomic E-state index is 0.0991. The number of rotatable bonds is 2. The van der Waals surface area contributed by atoms with Crippen molar-refractivity contribution in [3.8, 4) is 10.8 Å². The SMILES string of the molecule is O=c1[nH]c(=O)n([C@@H]2CC(O)[C@H](CO)O2)cc1C#CBr. The number of hydrogen-bond acceptors (Lipinski definition) is 5. The van der Waals surface area contributed by atoms with Crippen LogP contribution < -0.4 is 11.2 Å². The van der Waals surface area contributed by atoms with Crippen LogP contribution >= 0.6 is 15.9 Å². The van der Waals surface area contributed by atoms with Crippen molar-refractivity contribution in [2.24, 2.45) is 0 Å². The van der Waals surface area contributed by atoms with E-state index in [2.05, 4.69) is 31.7 Å². The van der Waals surface area contributed by atoms with Gasteiger partial charge < -0.3 is 14.9 Å². The van der Waals surface area contributed by atoms with Gasteiger partial charge in [-0.1, -0.05) is 0 Å². The van der Waals surface area contributed by atoms with Gasteiger partial charge in [0.05, 0.1) is 12.7 Å². The largest absolute Gasteiger partial charge is 0.394 e. The molecule has 0 aliphatic carbocycles. The minimum Gasteiger partial charge on any atom is -0.394 e. The summed E-state index contributed by atoms with van der Waals surface area (Å²) in [6, 6.07) is 0. The number of aromatic nitrogens is 2. The second kappa shape index (κ2) is 5.71. The Balaban J connectivity index is 2.40. The Bertz CT molecular complexity index is 641. The van der Waals surface area contributed by atoms with Crippen molar-refractivity contribution in [2.75, 3.05) is 6.61 Å². The summed E-state index contributed by atoms with van der Waals surface area (Å²) >= 11 is 2.87. The average molecular weight is 331 g/mol. The molecule has 8 heteroatoms. The summed E-state index contributed by atoms with van der Waals surface area (Å²) in [5.74, 6) is 2.50. The molecule has 2 heterocycles. The Kier molecular flexibility index (Phi) is 4.21. The molecule has 0 radical (unpaired) electrons. The highest BCUT2D eigenvalue weighted by Crippen LogP contribution is 2.27. The van der Waals surface area contributed by atoms with E-state index in [9.17, 15) is 14.7 Å². The average Bonchev–Trinajstić information content (AvgIpc) is 2.74. The number of aliphatic hydroxyl groups excluding tert-OH is 2. The second-order valence-corrected chi connectivity index (χ2v) is 4.44. The van der Waals surface area contributed by atoms with Crippen LogP contribution in [-0.2, 0) is 4.74 Å². The molecule has 19 heavy (non-hydrogen) atoms. The molecule has 1 saturated heterocycles. The molecular formula is C11H11BrN2O5. The number of H-pyrrole nitrogens is 1. The van der Waals surface area contributed by atoms with Crippen LogP contribution in [0.25, 0.3) is 0 Å². The molecule has 1 fully saturated rings. The molecule has 0 saturated carbocycles. The molecule has 1 aliphatic rings. The minimum atomic E-state index is -0.862.